The highest BCUT2D eigenvalue weighted by Crippen LogP contribution is 2.18. The summed E-state index contributed by atoms with van der Waals surface area (Å²) in [5.74, 6) is -0.291. The van der Waals surface area contributed by atoms with E-state index < -0.39 is 10.0 Å². The van der Waals surface area contributed by atoms with Gasteiger partial charge in [-0.1, -0.05) is 0 Å². The first kappa shape index (κ1) is 18.6. The molecule has 140 valence electrons. The van der Waals surface area contributed by atoms with Crippen LogP contribution in [-0.2, 0) is 14.8 Å². The Morgan fingerprint density at radius 3 is 2.46 bits per heavy atom. The molecule has 1 aliphatic heterocycles. The van der Waals surface area contributed by atoms with Crippen molar-refractivity contribution in [1.29, 1.82) is 0 Å². The molecule has 1 aliphatic rings. The highest BCUT2D eigenvalue weighted by Gasteiger charge is 2.23. The maximum atomic E-state index is 12.4. The van der Waals surface area contributed by atoms with Crippen molar-refractivity contribution in [2.45, 2.75) is 18.7 Å². The predicted octanol–water partition coefficient (Wildman–Crippen LogP) is 1.02. The Kier molecular flexibility index (Phi) is 5.40. The highest BCUT2D eigenvalue weighted by atomic mass is 32.2. The topological polar surface area (TPSA) is 104 Å². The quantitative estimate of drug-likeness (QED) is 0.728. The van der Waals surface area contributed by atoms with E-state index in [0.717, 1.165) is 18.8 Å². The molecule has 8 nitrogen and oxygen atoms in total. The number of carbonyl (C=O) groups is 1. The second-order valence-corrected chi connectivity index (χ2v) is 7.86. The van der Waals surface area contributed by atoms with Crippen LogP contribution in [0.25, 0.3) is 0 Å². The Bertz CT molecular complexity index is 864. The number of aryl methyl sites for hydroxylation is 2. The first-order chi connectivity index (χ1) is 12.4. The predicted molar refractivity (Wildman–Crippen MR) is 97.1 cm³/mol. The summed E-state index contributed by atoms with van der Waals surface area (Å²) in [4.78, 5) is 14.6. The van der Waals surface area contributed by atoms with Crippen molar-refractivity contribution in [1.82, 2.24) is 14.9 Å². The van der Waals surface area contributed by atoms with E-state index in [9.17, 15) is 13.2 Å². The van der Waals surface area contributed by atoms with E-state index in [4.69, 9.17) is 4.74 Å². The molecule has 2 aromatic rings. The second-order valence-electron chi connectivity index (χ2n) is 6.16. The summed E-state index contributed by atoms with van der Waals surface area (Å²) in [6.07, 6.45) is 0. The molecule has 3 rings (SSSR count). The molecule has 1 fully saturated rings. The average molecular weight is 378 g/mol. The summed E-state index contributed by atoms with van der Waals surface area (Å²) >= 11 is 0. The van der Waals surface area contributed by atoms with Gasteiger partial charge in [-0.25, -0.2) is 13.1 Å². The van der Waals surface area contributed by atoms with Gasteiger partial charge in [-0.05, 0) is 38.1 Å². The number of H-pyrrole nitrogens is 1. The van der Waals surface area contributed by atoms with Crippen molar-refractivity contribution in [2.75, 3.05) is 37.7 Å². The SMILES string of the molecule is Cc1n[nH]c(C)c1S(=O)(=O)NCC(=O)c1ccc(N2CCOCC2)cc1. The van der Waals surface area contributed by atoms with Gasteiger partial charge in [-0.15, -0.1) is 0 Å². The summed E-state index contributed by atoms with van der Waals surface area (Å²) in [6.45, 7) is 5.94. The molecule has 0 atom stereocenters. The molecular weight excluding hydrogens is 356 g/mol. The molecule has 1 saturated heterocycles. The second kappa shape index (κ2) is 7.56. The molecule has 1 aromatic carbocycles. The van der Waals surface area contributed by atoms with Crippen LogP contribution in [0.15, 0.2) is 29.2 Å². The molecule has 0 saturated carbocycles. The third-order valence-corrected chi connectivity index (χ3v) is 5.98. The number of ether oxygens (including phenoxy) is 1. The summed E-state index contributed by atoms with van der Waals surface area (Å²) in [6, 6.07) is 7.18. The van der Waals surface area contributed by atoms with Gasteiger partial charge < -0.3 is 9.64 Å². The standard InChI is InChI=1S/C17H22N4O4S/c1-12-17(13(2)20-19-12)26(23,24)18-11-16(22)14-3-5-15(6-4-14)21-7-9-25-10-8-21/h3-6,18H,7-11H2,1-2H3,(H,19,20). The van der Waals surface area contributed by atoms with Crippen LogP contribution < -0.4 is 9.62 Å². The lowest BCUT2D eigenvalue weighted by molar-refractivity contribution is 0.0997. The van der Waals surface area contributed by atoms with Crippen molar-refractivity contribution in [3.63, 3.8) is 0 Å². The van der Waals surface area contributed by atoms with Gasteiger partial charge >= 0.3 is 0 Å². The van der Waals surface area contributed by atoms with Crippen molar-refractivity contribution in [2.24, 2.45) is 0 Å². The largest absolute Gasteiger partial charge is 0.378 e. The first-order valence-electron chi connectivity index (χ1n) is 8.35. The smallest absolute Gasteiger partial charge is 0.244 e. The van der Waals surface area contributed by atoms with Gasteiger partial charge in [-0.2, -0.15) is 5.10 Å². The number of carbonyl (C=O) groups excluding carboxylic acids is 1. The third-order valence-electron chi connectivity index (χ3n) is 4.32. The van der Waals surface area contributed by atoms with Gasteiger partial charge in [-0.3, -0.25) is 9.89 Å². The number of aromatic amines is 1. The van der Waals surface area contributed by atoms with Crippen molar-refractivity contribution >= 4 is 21.5 Å². The van der Waals surface area contributed by atoms with Crippen LogP contribution in [0.3, 0.4) is 0 Å². The van der Waals surface area contributed by atoms with Crippen LogP contribution in [0.5, 0.6) is 0 Å². The van der Waals surface area contributed by atoms with Gasteiger partial charge in [0.1, 0.15) is 4.90 Å². The van der Waals surface area contributed by atoms with Crippen LogP contribution in [0, 0.1) is 13.8 Å². The molecule has 9 heteroatoms. The van der Waals surface area contributed by atoms with Gasteiger partial charge in [0.25, 0.3) is 0 Å². The number of ketones is 1. The lowest BCUT2D eigenvalue weighted by atomic mass is 10.1. The zero-order valence-corrected chi connectivity index (χ0v) is 15.6. The number of sulfonamides is 1. The highest BCUT2D eigenvalue weighted by molar-refractivity contribution is 7.89. The minimum absolute atomic E-state index is 0.0907. The van der Waals surface area contributed by atoms with Gasteiger partial charge in [0.2, 0.25) is 10.0 Å². The fraction of sp³-hybridized carbons (Fsp3) is 0.412. The number of benzene rings is 1. The lowest BCUT2D eigenvalue weighted by Crippen LogP contribution is -2.36. The maximum Gasteiger partial charge on any atom is 0.244 e. The molecule has 0 spiro atoms. The molecule has 0 unspecified atom stereocenters. The number of rotatable bonds is 6. The number of anilines is 1. The first-order valence-corrected chi connectivity index (χ1v) is 9.84. The summed E-state index contributed by atoms with van der Waals surface area (Å²) in [7, 11) is -3.79. The van der Waals surface area contributed by atoms with E-state index in [1.807, 2.05) is 12.1 Å². The van der Waals surface area contributed by atoms with Crippen LogP contribution >= 0.6 is 0 Å². The van der Waals surface area contributed by atoms with E-state index in [1.54, 1.807) is 26.0 Å². The zero-order valence-electron chi connectivity index (χ0n) is 14.8. The van der Waals surface area contributed by atoms with Crippen LogP contribution in [0.4, 0.5) is 5.69 Å². The van der Waals surface area contributed by atoms with Gasteiger partial charge in [0.05, 0.1) is 31.1 Å². The fourth-order valence-corrected chi connectivity index (χ4v) is 4.30. The number of hydrogen-bond acceptors (Lipinski definition) is 6. The van der Waals surface area contributed by atoms with Crippen LogP contribution in [0.2, 0.25) is 0 Å². The van der Waals surface area contributed by atoms with Crippen molar-refractivity contribution in [3.05, 3.63) is 41.2 Å². The number of aromatic nitrogens is 2. The Hall–Kier alpha value is -2.23. The lowest BCUT2D eigenvalue weighted by Gasteiger charge is -2.28. The van der Waals surface area contributed by atoms with E-state index in [1.165, 1.54) is 0 Å². The van der Waals surface area contributed by atoms with E-state index >= 15 is 0 Å². The Morgan fingerprint density at radius 2 is 1.88 bits per heavy atom. The van der Waals surface area contributed by atoms with Crippen molar-refractivity contribution < 1.29 is 17.9 Å². The Morgan fingerprint density at radius 1 is 1.23 bits per heavy atom. The van der Waals surface area contributed by atoms with Crippen LogP contribution in [-0.4, -0.2) is 57.2 Å². The summed E-state index contributed by atoms with van der Waals surface area (Å²) in [5, 5.41) is 6.51. The minimum Gasteiger partial charge on any atom is -0.378 e. The zero-order chi connectivity index (χ0) is 18.7. The van der Waals surface area contributed by atoms with Crippen molar-refractivity contribution in [3.8, 4) is 0 Å². The normalized spacial score (nSPS) is 15.2. The fourth-order valence-electron chi connectivity index (χ4n) is 2.95. The Balaban J connectivity index is 1.65. The number of hydrogen-bond donors (Lipinski definition) is 2. The number of Topliss-reactive ketones (excluding diaryl/α,β-unsaturated/α-hetero) is 1. The summed E-state index contributed by atoms with van der Waals surface area (Å²) < 4.78 is 32.5. The van der Waals surface area contributed by atoms with Crippen LogP contribution in [0.1, 0.15) is 21.7 Å². The number of nitrogens with zero attached hydrogens (tertiary/aromatic N) is 2. The molecule has 2 N–H and O–H groups in total. The molecule has 1 aromatic heterocycles. The number of nitrogens with one attached hydrogen (secondary N) is 2. The molecule has 0 aliphatic carbocycles. The molecule has 26 heavy (non-hydrogen) atoms. The average Bonchev–Trinajstić information content (AvgIpc) is 3.00. The van der Waals surface area contributed by atoms with E-state index in [0.29, 0.717) is 30.2 Å². The maximum absolute atomic E-state index is 12.4. The molecule has 0 radical (unpaired) electrons. The minimum atomic E-state index is -3.79. The molecule has 0 bridgehead atoms. The molecule has 0 amide bonds. The Labute approximate surface area is 152 Å². The monoisotopic (exact) mass is 378 g/mol. The van der Waals surface area contributed by atoms with Gasteiger partial charge in [0, 0.05) is 24.3 Å². The van der Waals surface area contributed by atoms with Gasteiger partial charge in [0.15, 0.2) is 5.78 Å². The molecular formula is C17H22N4O4S. The number of morpholine rings is 1. The van der Waals surface area contributed by atoms with E-state index in [-0.39, 0.29) is 17.2 Å². The third kappa shape index (κ3) is 3.95. The molecule has 2 heterocycles. The van der Waals surface area contributed by atoms with E-state index in [2.05, 4.69) is 19.8 Å². The summed E-state index contributed by atoms with van der Waals surface area (Å²) in [5.41, 5.74) is 2.30.